The summed E-state index contributed by atoms with van der Waals surface area (Å²) in [6.07, 6.45) is 0.354. The number of carbonyl (C=O) groups is 1. The lowest BCUT2D eigenvalue weighted by Crippen LogP contribution is -2.29. The fourth-order valence-electron chi connectivity index (χ4n) is 1.83. The fraction of sp³-hybridized carbons (Fsp3) is 0.500. The van der Waals surface area contributed by atoms with E-state index in [0.717, 1.165) is 11.3 Å². The first-order valence-electron chi connectivity index (χ1n) is 5.31. The van der Waals surface area contributed by atoms with Crippen LogP contribution in [0.15, 0.2) is 10.3 Å². The number of halogens is 1. The molecule has 1 saturated heterocycles. The van der Waals surface area contributed by atoms with Crippen molar-refractivity contribution in [1.29, 1.82) is 0 Å². The quantitative estimate of drug-likeness (QED) is 0.924. The van der Waals surface area contributed by atoms with Gasteiger partial charge in [-0.1, -0.05) is 11.6 Å². The summed E-state index contributed by atoms with van der Waals surface area (Å²) in [7, 11) is -3.60. The van der Waals surface area contributed by atoms with Gasteiger partial charge >= 0.3 is 5.97 Å². The van der Waals surface area contributed by atoms with Crippen molar-refractivity contribution >= 4 is 38.9 Å². The minimum atomic E-state index is -3.60. The predicted octanol–water partition coefficient (Wildman–Crippen LogP) is 1.81. The Hall–Kier alpha value is -0.630. The van der Waals surface area contributed by atoms with Crippen molar-refractivity contribution < 1.29 is 18.3 Å². The topological polar surface area (TPSA) is 74.7 Å². The van der Waals surface area contributed by atoms with Gasteiger partial charge < -0.3 is 5.11 Å². The van der Waals surface area contributed by atoms with Crippen LogP contribution in [0, 0.1) is 12.8 Å². The zero-order chi connectivity index (χ0) is 13.5. The molecule has 1 unspecified atom stereocenters. The van der Waals surface area contributed by atoms with E-state index in [1.54, 1.807) is 6.92 Å². The first kappa shape index (κ1) is 13.8. The molecule has 1 aliphatic rings. The highest BCUT2D eigenvalue weighted by molar-refractivity contribution is 7.91. The lowest BCUT2D eigenvalue weighted by atomic mass is 10.1. The van der Waals surface area contributed by atoms with Gasteiger partial charge in [-0.25, -0.2) is 8.42 Å². The van der Waals surface area contributed by atoms with Crippen LogP contribution in [-0.4, -0.2) is 36.9 Å². The van der Waals surface area contributed by atoms with E-state index in [-0.39, 0.29) is 17.3 Å². The Labute approximate surface area is 114 Å². The van der Waals surface area contributed by atoms with E-state index in [1.807, 2.05) is 0 Å². The summed E-state index contributed by atoms with van der Waals surface area (Å²) in [5, 5.41) is 8.88. The van der Waals surface area contributed by atoms with Crippen LogP contribution in [0.3, 0.4) is 0 Å². The average molecular weight is 310 g/mol. The fourth-order valence-corrected chi connectivity index (χ4v) is 5.20. The highest BCUT2D eigenvalue weighted by Gasteiger charge is 2.36. The second-order valence-corrected chi connectivity index (χ2v) is 8.03. The summed E-state index contributed by atoms with van der Waals surface area (Å²) < 4.78 is 26.3. The zero-order valence-electron chi connectivity index (χ0n) is 9.59. The number of carboxylic acids is 1. The third kappa shape index (κ3) is 2.40. The van der Waals surface area contributed by atoms with Crippen LogP contribution >= 0.6 is 22.9 Å². The van der Waals surface area contributed by atoms with Gasteiger partial charge in [-0.3, -0.25) is 4.79 Å². The lowest BCUT2D eigenvalue weighted by molar-refractivity contribution is -0.141. The van der Waals surface area contributed by atoms with Crippen LogP contribution in [0.1, 0.15) is 12.0 Å². The number of rotatable bonds is 3. The van der Waals surface area contributed by atoms with E-state index in [4.69, 9.17) is 16.7 Å². The Morgan fingerprint density at radius 3 is 2.72 bits per heavy atom. The number of hydrogen-bond acceptors (Lipinski definition) is 4. The molecule has 1 N–H and O–H groups in total. The largest absolute Gasteiger partial charge is 0.481 e. The molecule has 5 nitrogen and oxygen atoms in total. The van der Waals surface area contributed by atoms with Gasteiger partial charge in [-0.2, -0.15) is 4.31 Å². The molecule has 2 rings (SSSR count). The molecule has 0 bridgehead atoms. The summed E-state index contributed by atoms with van der Waals surface area (Å²) in [5.74, 6) is -1.57. The molecule has 1 aromatic heterocycles. The first-order valence-corrected chi connectivity index (χ1v) is 7.94. The van der Waals surface area contributed by atoms with Gasteiger partial charge in [-0.05, 0) is 25.0 Å². The minimum Gasteiger partial charge on any atom is -0.481 e. The molecule has 0 aromatic carbocycles. The standard InChI is InChI=1S/C10H12ClNO4S2/c1-6-4-8(17-9(6)11)18(15,16)12-3-2-7(5-12)10(13)14/h4,7H,2-3,5H2,1H3,(H,13,14). The minimum absolute atomic E-state index is 0.0340. The molecule has 1 fully saturated rings. The van der Waals surface area contributed by atoms with Gasteiger partial charge in [0.15, 0.2) is 0 Å². The van der Waals surface area contributed by atoms with E-state index in [0.29, 0.717) is 16.3 Å². The second kappa shape index (κ2) is 4.80. The third-order valence-electron chi connectivity index (χ3n) is 2.93. The molecule has 0 amide bonds. The number of nitrogens with zero attached hydrogens (tertiary/aromatic N) is 1. The average Bonchev–Trinajstić information content (AvgIpc) is 2.87. The Morgan fingerprint density at radius 1 is 1.61 bits per heavy atom. The molecule has 8 heteroatoms. The molecular formula is C10H12ClNO4S2. The zero-order valence-corrected chi connectivity index (χ0v) is 12.0. The van der Waals surface area contributed by atoms with E-state index in [2.05, 4.69) is 0 Å². The predicted molar refractivity (Wildman–Crippen MR) is 68.6 cm³/mol. The number of thiophene rings is 1. The normalized spacial score (nSPS) is 21.3. The van der Waals surface area contributed by atoms with Gasteiger partial charge in [0, 0.05) is 13.1 Å². The summed E-state index contributed by atoms with van der Waals surface area (Å²) >= 11 is 6.87. The summed E-state index contributed by atoms with van der Waals surface area (Å²) in [4.78, 5) is 10.8. The van der Waals surface area contributed by atoms with Crippen molar-refractivity contribution in [2.75, 3.05) is 13.1 Å². The Bertz CT molecular complexity index is 561. The number of carboxylic acid groups (broad SMARTS) is 1. The van der Waals surface area contributed by atoms with Crippen molar-refractivity contribution in [3.8, 4) is 0 Å². The van der Waals surface area contributed by atoms with Crippen LogP contribution in [0.5, 0.6) is 0 Å². The molecule has 2 heterocycles. The molecular weight excluding hydrogens is 298 g/mol. The van der Waals surface area contributed by atoms with Crippen molar-refractivity contribution in [3.63, 3.8) is 0 Å². The second-order valence-electron chi connectivity index (χ2n) is 4.21. The van der Waals surface area contributed by atoms with E-state index >= 15 is 0 Å². The SMILES string of the molecule is Cc1cc(S(=O)(=O)N2CCC(C(=O)O)C2)sc1Cl. The highest BCUT2D eigenvalue weighted by atomic mass is 35.5. The van der Waals surface area contributed by atoms with E-state index in [1.165, 1.54) is 10.4 Å². The van der Waals surface area contributed by atoms with Crippen LogP contribution in [0.25, 0.3) is 0 Å². The number of aryl methyl sites for hydroxylation is 1. The van der Waals surface area contributed by atoms with Crippen LogP contribution in [0.2, 0.25) is 4.34 Å². The molecule has 18 heavy (non-hydrogen) atoms. The maximum atomic E-state index is 12.3. The molecule has 1 atom stereocenters. The number of hydrogen-bond donors (Lipinski definition) is 1. The Balaban J connectivity index is 2.25. The van der Waals surface area contributed by atoms with Crippen molar-refractivity contribution in [3.05, 3.63) is 16.0 Å². The molecule has 0 radical (unpaired) electrons. The van der Waals surface area contributed by atoms with Crippen LogP contribution < -0.4 is 0 Å². The third-order valence-corrected chi connectivity index (χ3v) is 6.80. The Morgan fingerprint density at radius 2 is 2.28 bits per heavy atom. The van der Waals surface area contributed by atoms with Crippen molar-refractivity contribution in [2.45, 2.75) is 17.6 Å². The number of aliphatic carboxylic acids is 1. The summed E-state index contributed by atoms with van der Waals surface area (Å²) in [5.41, 5.74) is 0.717. The van der Waals surface area contributed by atoms with Crippen LogP contribution in [0.4, 0.5) is 0 Å². The van der Waals surface area contributed by atoms with Gasteiger partial charge in [-0.15, -0.1) is 11.3 Å². The first-order chi connectivity index (χ1) is 8.32. The summed E-state index contributed by atoms with van der Waals surface area (Å²) in [6, 6.07) is 1.52. The monoisotopic (exact) mass is 309 g/mol. The van der Waals surface area contributed by atoms with Gasteiger partial charge in [0.2, 0.25) is 0 Å². The van der Waals surface area contributed by atoms with Crippen molar-refractivity contribution in [1.82, 2.24) is 4.31 Å². The van der Waals surface area contributed by atoms with Gasteiger partial charge in [0.1, 0.15) is 4.21 Å². The van der Waals surface area contributed by atoms with E-state index in [9.17, 15) is 13.2 Å². The maximum absolute atomic E-state index is 12.3. The highest BCUT2D eigenvalue weighted by Crippen LogP contribution is 2.33. The molecule has 100 valence electrons. The summed E-state index contributed by atoms with van der Waals surface area (Å²) in [6.45, 7) is 2.02. The molecule has 0 spiro atoms. The van der Waals surface area contributed by atoms with E-state index < -0.39 is 21.9 Å². The molecule has 0 saturated carbocycles. The van der Waals surface area contributed by atoms with Crippen molar-refractivity contribution in [2.24, 2.45) is 5.92 Å². The number of sulfonamides is 1. The smallest absolute Gasteiger partial charge is 0.307 e. The molecule has 1 aliphatic heterocycles. The molecule has 0 aliphatic carbocycles. The molecule has 1 aromatic rings. The lowest BCUT2D eigenvalue weighted by Gasteiger charge is -2.14. The Kier molecular flexibility index (Phi) is 3.68. The maximum Gasteiger partial charge on any atom is 0.307 e. The van der Waals surface area contributed by atoms with Crippen LogP contribution in [-0.2, 0) is 14.8 Å². The van der Waals surface area contributed by atoms with Gasteiger partial charge in [0.25, 0.3) is 10.0 Å². The van der Waals surface area contributed by atoms with Gasteiger partial charge in [0.05, 0.1) is 10.3 Å².